The Morgan fingerprint density at radius 1 is 1.21 bits per heavy atom. The molecule has 0 aliphatic heterocycles. The maximum Gasteiger partial charge on any atom is 0.434 e. The summed E-state index contributed by atoms with van der Waals surface area (Å²) in [6.45, 7) is 8.37. The van der Waals surface area contributed by atoms with E-state index in [2.05, 4.69) is 26.5 Å². The average molecular weight is 542 g/mol. The fraction of sp³-hybridized carbons (Fsp3) is 0.357. The second-order valence-electron chi connectivity index (χ2n) is 8.89. The second kappa shape index (κ2) is 11.7. The minimum absolute atomic E-state index is 0.134. The van der Waals surface area contributed by atoms with Crippen molar-refractivity contribution >= 4 is 11.8 Å². The van der Waals surface area contributed by atoms with Gasteiger partial charge in [0, 0.05) is 30.9 Å². The third-order valence-electron chi connectivity index (χ3n) is 6.01. The van der Waals surface area contributed by atoms with E-state index >= 15 is 0 Å². The largest absolute Gasteiger partial charge is 0.494 e. The van der Waals surface area contributed by atoms with Crippen molar-refractivity contribution in [3.63, 3.8) is 0 Å². The highest BCUT2D eigenvalue weighted by Gasteiger charge is 2.34. The SMILES string of the molecule is C=C(OCC)/C(=C(\N=CC)C1CC1)c1ncc(OC)c(OCc2ccc(-c3nc(C(F)(F)F)cn3C)cc2)n1. The normalized spacial score (nSPS) is 14.3. The molecule has 1 aromatic carbocycles. The van der Waals surface area contributed by atoms with Crippen molar-refractivity contribution in [3.05, 3.63) is 71.8 Å². The van der Waals surface area contributed by atoms with Crippen molar-refractivity contribution < 1.29 is 27.4 Å². The minimum atomic E-state index is -4.51. The summed E-state index contributed by atoms with van der Waals surface area (Å²) in [5, 5.41) is 0. The monoisotopic (exact) mass is 541 g/mol. The first-order chi connectivity index (χ1) is 18.7. The van der Waals surface area contributed by atoms with E-state index in [9.17, 15) is 13.2 Å². The number of ether oxygens (including phenoxy) is 3. The van der Waals surface area contributed by atoms with Gasteiger partial charge in [-0.2, -0.15) is 18.2 Å². The molecule has 2 aromatic heterocycles. The maximum absolute atomic E-state index is 13.0. The van der Waals surface area contributed by atoms with Crippen LogP contribution in [-0.2, 0) is 24.6 Å². The molecule has 1 fully saturated rings. The van der Waals surface area contributed by atoms with Gasteiger partial charge in [-0.25, -0.2) is 9.97 Å². The summed E-state index contributed by atoms with van der Waals surface area (Å²) >= 11 is 0. The summed E-state index contributed by atoms with van der Waals surface area (Å²) in [5.74, 6) is 1.86. The quantitative estimate of drug-likeness (QED) is 0.162. The summed E-state index contributed by atoms with van der Waals surface area (Å²) < 4.78 is 57.6. The van der Waals surface area contributed by atoms with Crippen molar-refractivity contribution in [2.24, 2.45) is 18.0 Å². The van der Waals surface area contributed by atoms with Crippen molar-refractivity contribution in [1.82, 2.24) is 19.5 Å². The number of nitrogens with zero attached hydrogens (tertiary/aromatic N) is 5. The minimum Gasteiger partial charge on any atom is -0.494 e. The average Bonchev–Trinajstić information content (AvgIpc) is 3.67. The number of alkyl halides is 3. The smallest absolute Gasteiger partial charge is 0.434 e. The zero-order valence-corrected chi connectivity index (χ0v) is 22.2. The molecule has 1 saturated carbocycles. The molecule has 4 rings (SSSR count). The molecule has 1 aliphatic carbocycles. The summed E-state index contributed by atoms with van der Waals surface area (Å²) in [6, 6.07) is 6.91. The van der Waals surface area contributed by atoms with Gasteiger partial charge in [0.1, 0.15) is 18.2 Å². The van der Waals surface area contributed by atoms with Gasteiger partial charge in [-0.3, -0.25) is 4.99 Å². The van der Waals surface area contributed by atoms with Gasteiger partial charge >= 0.3 is 6.18 Å². The molecule has 0 saturated heterocycles. The zero-order valence-electron chi connectivity index (χ0n) is 22.2. The number of hydrogen-bond acceptors (Lipinski definition) is 7. The van der Waals surface area contributed by atoms with Crippen molar-refractivity contribution in [1.29, 1.82) is 0 Å². The molecule has 3 aromatic rings. The zero-order chi connectivity index (χ0) is 28.2. The Hall–Kier alpha value is -4.15. The first kappa shape index (κ1) is 27.9. The lowest BCUT2D eigenvalue weighted by Crippen LogP contribution is -2.07. The molecule has 1 aliphatic rings. The predicted molar refractivity (Wildman–Crippen MR) is 141 cm³/mol. The highest BCUT2D eigenvalue weighted by molar-refractivity contribution is 5.78. The van der Waals surface area contributed by atoms with E-state index in [1.807, 2.05) is 13.8 Å². The van der Waals surface area contributed by atoms with Crippen molar-refractivity contribution in [3.8, 4) is 23.0 Å². The standard InChI is InChI=1S/C28H30F3N5O3/c1-6-32-24(19-12-13-19)23(17(3)38-7-2)25-33-14-21(37-5)27(35-25)39-16-18-8-10-20(11-9-18)26-34-22(15-36(26)4)28(29,30)31/h6,8-11,14-15,19H,3,7,12-13,16H2,1-2,4-5H3/b24-23+,32-6?. The third-order valence-corrected chi connectivity index (χ3v) is 6.01. The highest BCUT2D eigenvalue weighted by Crippen LogP contribution is 2.43. The summed E-state index contributed by atoms with van der Waals surface area (Å²) in [4.78, 5) is 17.4. The Balaban J connectivity index is 1.59. The molecule has 0 atom stereocenters. The number of aryl methyl sites for hydroxylation is 1. The van der Waals surface area contributed by atoms with Gasteiger partial charge in [0.2, 0.25) is 0 Å². The van der Waals surface area contributed by atoms with E-state index in [1.165, 1.54) is 24.9 Å². The molecule has 0 bridgehead atoms. The highest BCUT2D eigenvalue weighted by atomic mass is 19.4. The number of aliphatic imine (C=N–C) groups is 1. The van der Waals surface area contributed by atoms with Crippen LogP contribution >= 0.6 is 0 Å². The van der Waals surface area contributed by atoms with Crippen molar-refractivity contribution in [2.75, 3.05) is 13.7 Å². The van der Waals surface area contributed by atoms with Crippen LogP contribution in [0.4, 0.5) is 13.2 Å². The number of halogens is 3. The molecule has 11 heteroatoms. The lowest BCUT2D eigenvalue weighted by atomic mass is 10.1. The number of aromatic nitrogens is 4. The molecule has 206 valence electrons. The summed E-state index contributed by atoms with van der Waals surface area (Å²) in [6.07, 6.45) is 1.74. The van der Waals surface area contributed by atoms with Crippen molar-refractivity contribution in [2.45, 2.75) is 39.5 Å². The number of benzene rings is 1. The van der Waals surface area contributed by atoms with Gasteiger partial charge in [0.05, 0.1) is 31.2 Å². The molecule has 0 N–H and O–H groups in total. The van der Waals surface area contributed by atoms with Crippen LogP contribution < -0.4 is 9.47 Å². The van der Waals surface area contributed by atoms with Crippen LogP contribution in [-0.4, -0.2) is 39.5 Å². The number of methoxy groups -OCH3 is 1. The second-order valence-corrected chi connectivity index (χ2v) is 8.89. The molecule has 0 unspecified atom stereocenters. The number of rotatable bonds is 11. The Morgan fingerprint density at radius 3 is 2.49 bits per heavy atom. The van der Waals surface area contributed by atoms with Crippen LogP contribution in [0.1, 0.15) is 43.8 Å². The van der Waals surface area contributed by atoms with Gasteiger partial charge in [-0.1, -0.05) is 30.8 Å². The summed E-state index contributed by atoms with van der Waals surface area (Å²) in [5.41, 5.74) is 1.84. The van der Waals surface area contributed by atoms with Gasteiger partial charge in [-0.15, -0.1) is 0 Å². The first-order valence-electron chi connectivity index (χ1n) is 12.4. The van der Waals surface area contributed by atoms with Crippen LogP contribution in [0.3, 0.4) is 0 Å². The van der Waals surface area contributed by atoms with Gasteiger partial charge in [0.15, 0.2) is 17.3 Å². The lowest BCUT2D eigenvalue weighted by molar-refractivity contribution is -0.140. The number of allylic oxidation sites excluding steroid dienone is 2. The van der Waals surface area contributed by atoms with E-state index < -0.39 is 11.9 Å². The van der Waals surface area contributed by atoms with E-state index in [0.717, 1.165) is 30.3 Å². The molecular weight excluding hydrogens is 511 g/mol. The fourth-order valence-electron chi connectivity index (χ4n) is 3.99. The van der Waals surface area contributed by atoms with E-state index in [4.69, 9.17) is 14.2 Å². The van der Waals surface area contributed by atoms with Crippen LogP contribution in [0.15, 0.2) is 59.7 Å². The first-order valence-corrected chi connectivity index (χ1v) is 12.4. The predicted octanol–water partition coefficient (Wildman–Crippen LogP) is 6.25. The Kier molecular flexibility index (Phi) is 8.37. The van der Waals surface area contributed by atoms with Crippen LogP contribution in [0.2, 0.25) is 0 Å². The molecule has 0 amide bonds. The van der Waals surface area contributed by atoms with Crippen LogP contribution in [0.5, 0.6) is 11.6 Å². The number of hydrogen-bond donors (Lipinski definition) is 0. The van der Waals surface area contributed by atoms with E-state index in [-0.39, 0.29) is 24.2 Å². The van der Waals surface area contributed by atoms with Gasteiger partial charge in [-0.05, 0) is 32.3 Å². The Bertz CT molecular complexity index is 1390. The molecule has 8 nitrogen and oxygen atoms in total. The maximum atomic E-state index is 13.0. The van der Waals surface area contributed by atoms with Crippen LogP contribution in [0.25, 0.3) is 17.0 Å². The van der Waals surface area contributed by atoms with Gasteiger partial charge < -0.3 is 18.8 Å². The lowest BCUT2D eigenvalue weighted by Gasteiger charge is -2.16. The Labute approximate surface area is 224 Å². The molecule has 0 radical (unpaired) electrons. The van der Waals surface area contributed by atoms with Gasteiger partial charge in [0.25, 0.3) is 5.88 Å². The number of imidazole rings is 1. The third kappa shape index (κ3) is 6.47. The molecule has 0 spiro atoms. The topological polar surface area (TPSA) is 83.7 Å². The molecule has 39 heavy (non-hydrogen) atoms. The molecular formula is C28H30F3N5O3. The van der Waals surface area contributed by atoms with E-state index in [1.54, 1.807) is 30.5 Å². The fourth-order valence-corrected chi connectivity index (χ4v) is 3.99. The molecule has 2 heterocycles. The van der Waals surface area contributed by atoms with E-state index in [0.29, 0.717) is 35.1 Å². The Morgan fingerprint density at radius 2 is 1.92 bits per heavy atom. The van der Waals surface area contributed by atoms with Crippen LogP contribution in [0, 0.1) is 5.92 Å². The summed E-state index contributed by atoms with van der Waals surface area (Å²) in [7, 11) is 3.02.